The molecule has 0 amide bonds. The number of amidine groups is 1. The van der Waals surface area contributed by atoms with Gasteiger partial charge in [0.2, 0.25) is 0 Å². The molecule has 1 N–H and O–H groups in total. The summed E-state index contributed by atoms with van der Waals surface area (Å²) in [5, 5.41) is 5.49. The summed E-state index contributed by atoms with van der Waals surface area (Å²) in [5.41, 5.74) is 0. The van der Waals surface area contributed by atoms with Crippen molar-refractivity contribution in [2.24, 2.45) is 10.9 Å². The summed E-state index contributed by atoms with van der Waals surface area (Å²) in [7, 11) is 0. The standard InChI is InChI=1S/C11H20N2S/c1-8(2)10-7-12-11(14-10)13-9-5-3-4-6-9/h8-10H,3-7H2,1-2H3,(H,12,13). The third-order valence-electron chi connectivity index (χ3n) is 3.10. The van der Waals surface area contributed by atoms with E-state index in [1.165, 1.54) is 30.9 Å². The van der Waals surface area contributed by atoms with E-state index in [1.807, 2.05) is 11.8 Å². The number of nitrogens with zero attached hydrogens (tertiary/aromatic N) is 1. The smallest absolute Gasteiger partial charge is 0.157 e. The second-order valence-corrected chi connectivity index (χ2v) is 5.90. The molecule has 1 saturated carbocycles. The minimum absolute atomic E-state index is 0.707. The second-order valence-electron chi connectivity index (χ2n) is 4.67. The molecule has 0 radical (unpaired) electrons. The molecule has 1 aliphatic carbocycles. The number of aliphatic imine (C=N–C) groups is 1. The van der Waals surface area contributed by atoms with Gasteiger partial charge in [-0.3, -0.25) is 4.99 Å². The van der Waals surface area contributed by atoms with E-state index in [1.54, 1.807) is 0 Å². The van der Waals surface area contributed by atoms with Crippen LogP contribution in [0.15, 0.2) is 4.99 Å². The average Bonchev–Trinajstić information content (AvgIpc) is 2.75. The first-order valence-corrected chi connectivity index (χ1v) is 6.61. The highest BCUT2D eigenvalue weighted by Gasteiger charge is 2.24. The Morgan fingerprint density at radius 3 is 2.64 bits per heavy atom. The molecule has 80 valence electrons. The van der Waals surface area contributed by atoms with Gasteiger partial charge >= 0.3 is 0 Å². The predicted octanol–water partition coefficient (Wildman–Crippen LogP) is 2.65. The van der Waals surface area contributed by atoms with E-state index < -0.39 is 0 Å². The van der Waals surface area contributed by atoms with Crippen molar-refractivity contribution in [2.75, 3.05) is 6.54 Å². The molecule has 14 heavy (non-hydrogen) atoms. The van der Waals surface area contributed by atoms with Crippen LogP contribution >= 0.6 is 11.8 Å². The van der Waals surface area contributed by atoms with Crippen LogP contribution in [0.2, 0.25) is 0 Å². The quantitative estimate of drug-likeness (QED) is 0.761. The molecule has 1 atom stereocenters. The Kier molecular flexibility index (Phi) is 3.37. The van der Waals surface area contributed by atoms with Crippen LogP contribution in [0.3, 0.4) is 0 Å². The van der Waals surface area contributed by atoms with Gasteiger partial charge in [0.1, 0.15) is 0 Å². The van der Waals surface area contributed by atoms with Crippen molar-refractivity contribution in [1.82, 2.24) is 5.32 Å². The molecule has 1 unspecified atom stereocenters. The fourth-order valence-electron chi connectivity index (χ4n) is 2.06. The van der Waals surface area contributed by atoms with Crippen molar-refractivity contribution in [2.45, 2.75) is 50.8 Å². The fourth-order valence-corrected chi connectivity index (χ4v) is 3.15. The number of thioether (sulfide) groups is 1. The maximum Gasteiger partial charge on any atom is 0.157 e. The second kappa shape index (κ2) is 4.56. The van der Waals surface area contributed by atoms with Crippen molar-refractivity contribution in [3.63, 3.8) is 0 Å². The molecule has 0 aromatic rings. The van der Waals surface area contributed by atoms with Gasteiger partial charge in [0.15, 0.2) is 5.17 Å². The Labute approximate surface area is 90.9 Å². The van der Waals surface area contributed by atoms with Crippen LogP contribution in [-0.2, 0) is 0 Å². The summed E-state index contributed by atoms with van der Waals surface area (Å²) < 4.78 is 0. The topological polar surface area (TPSA) is 24.4 Å². The summed E-state index contributed by atoms with van der Waals surface area (Å²) in [6.07, 6.45) is 5.46. The normalized spacial score (nSPS) is 28.5. The lowest BCUT2D eigenvalue weighted by Crippen LogP contribution is -2.30. The lowest BCUT2D eigenvalue weighted by molar-refractivity contribution is 0.619. The molecule has 1 aliphatic heterocycles. The third-order valence-corrected chi connectivity index (χ3v) is 4.57. The molecule has 0 aromatic carbocycles. The van der Waals surface area contributed by atoms with Crippen LogP contribution in [0.1, 0.15) is 39.5 Å². The highest BCUT2D eigenvalue weighted by molar-refractivity contribution is 8.14. The van der Waals surface area contributed by atoms with Crippen molar-refractivity contribution in [3.05, 3.63) is 0 Å². The Morgan fingerprint density at radius 2 is 2.07 bits per heavy atom. The average molecular weight is 212 g/mol. The molecule has 2 aliphatic rings. The van der Waals surface area contributed by atoms with Gasteiger partial charge in [0, 0.05) is 11.3 Å². The zero-order chi connectivity index (χ0) is 9.97. The van der Waals surface area contributed by atoms with Gasteiger partial charge in [-0.1, -0.05) is 38.5 Å². The molecule has 1 heterocycles. The summed E-state index contributed by atoms with van der Waals surface area (Å²) in [5.74, 6) is 0.742. The van der Waals surface area contributed by atoms with Gasteiger partial charge in [-0.25, -0.2) is 0 Å². The molecule has 3 heteroatoms. The summed E-state index contributed by atoms with van der Waals surface area (Å²) in [6, 6.07) is 0.715. The lowest BCUT2D eigenvalue weighted by Gasteiger charge is -2.15. The van der Waals surface area contributed by atoms with Gasteiger partial charge < -0.3 is 5.32 Å². The highest BCUT2D eigenvalue weighted by Crippen LogP contribution is 2.27. The van der Waals surface area contributed by atoms with E-state index in [2.05, 4.69) is 24.2 Å². The lowest BCUT2D eigenvalue weighted by atomic mass is 10.1. The number of nitrogens with one attached hydrogen (secondary N) is 1. The highest BCUT2D eigenvalue weighted by atomic mass is 32.2. The molecule has 2 nitrogen and oxygen atoms in total. The van der Waals surface area contributed by atoms with Gasteiger partial charge in [-0.2, -0.15) is 0 Å². The van der Waals surface area contributed by atoms with E-state index in [9.17, 15) is 0 Å². The van der Waals surface area contributed by atoms with Crippen molar-refractivity contribution >= 4 is 16.9 Å². The zero-order valence-corrected chi connectivity index (χ0v) is 9.94. The molecule has 0 aromatic heterocycles. The van der Waals surface area contributed by atoms with E-state index in [-0.39, 0.29) is 0 Å². The Hall–Kier alpha value is -0.180. The number of hydrogen-bond acceptors (Lipinski definition) is 3. The Bertz CT molecular complexity index is 219. The van der Waals surface area contributed by atoms with E-state index in [0.29, 0.717) is 11.3 Å². The molecule has 0 bridgehead atoms. The summed E-state index contributed by atoms with van der Waals surface area (Å²) >= 11 is 1.94. The summed E-state index contributed by atoms with van der Waals surface area (Å²) in [4.78, 5) is 4.57. The van der Waals surface area contributed by atoms with E-state index in [4.69, 9.17) is 0 Å². The van der Waals surface area contributed by atoms with Gasteiger partial charge in [-0.15, -0.1) is 0 Å². The van der Waals surface area contributed by atoms with Crippen LogP contribution in [0, 0.1) is 5.92 Å². The molecule has 0 saturated heterocycles. The monoisotopic (exact) mass is 212 g/mol. The third kappa shape index (κ3) is 2.44. The molecule has 2 rings (SSSR count). The minimum Gasteiger partial charge on any atom is -0.362 e. The summed E-state index contributed by atoms with van der Waals surface area (Å²) in [6.45, 7) is 5.58. The van der Waals surface area contributed by atoms with Crippen molar-refractivity contribution in [1.29, 1.82) is 0 Å². The fraction of sp³-hybridized carbons (Fsp3) is 0.909. The van der Waals surface area contributed by atoms with E-state index in [0.717, 1.165) is 12.5 Å². The minimum atomic E-state index is 0.707. The predicted molar refractivity (Wildman–Crippen MR) is 63.9 cm³/mol. The first kappa shape index (κ1) is 10.3. The van der Waals surface area contributed by atoms with Crippen molar-refractivity contribution in [3.8, 4) is 0 Å². The maximum atomic E-state index is 4.57. The van der Waals surface area contributed by atoms with Crippen molar-refractivity contribution < 1.29 is 0 Å². The number of hydrogen-bond donors (Lipinski definition) is 1. The van der Waals surface area contributed by atoms with E-state index >= 15 is 0 Å². The molecular formula is C11H20N2S. The Balaban J connectivity index is 1.77. The van der Waals surface area contributed by atoms with Gasteiger partial charge in [0.05, 0.1) is 6.54 Å². The molecule has 0 spiro atoms. The molecular weight excluding hydrogens is 192 g/mol. The first-order valence-electron chi connectivity index (χ1n) is 5.73. The molecule has 1 fully saturated rings. The maximum absolute atomic E-state index is 4.57. The van der Waals surface area contributed by atoms with Gasteiger partial charge in [-0.05, 0) is 18.8 Å². The SMILES string of the molecule is CC(C)C1CN=C(NC2CCCC2)S1. The zero-order valence-electron chi connectivity index (χ0n) is 9.12. The first-order chi connectivity index (χ1) is 6.75. The van der Waals surface area contributed by atoms with Gasteiger partial charge in [0.25, 0.3) is 0 Å². The van der Waals surface area contributed by atoms with Crippen LogP contribution in [-0.4, -0.2) is 23.0 Å². The Morgan fingerprint density at radius 1 is 1.36 bits per heavy atom. The largest absolute Gasteiger partial charge is 0.362 e. The van der Waals surface area contributed by atoms with Crippen LogP contribution in [0.5, 0.6) is 0 Å². The number of rotatable bonds is 2. The van der Waals surface area contributed by atoms with Crippen LogP contribution < -0.4 is 5.32 Å². The van der Waals surface area contributed by atoms with Crippen LogP contribution in [0.25, 0.3) is 0 Å². The van der Waals surface area contributed by atoms with Crippen LogP contribution in [0.4, 0.5) is 0 Å².